The van der Waals surface area contributed by atoms with Crippen LogP contribution in [0.3, 0.4) is 0 Å². The van der Waals surface area contributed by atoms with E-state index in [2.05, 4.69) is 5.32 Å². The van der Waals surface area contributed by atoms with Gasteiger partial charge in [0.25, 0.3) is 10.0 Å². The molecule has 0 fully saturated rings. The number of halogens is 1. The number of sulfonamides is 1. The van der Waals surface area contributed by atoms with Gasteiger partial charge >= 0.3 is 0 Å². The van der Waals surface area contributed by atoms with Crippen molar-refractivity contribution in [2.75, 3.05) is 17.4 Å². The Kier molecular flexibility index (Phi) is 9.94. The molecule has 1 N–H and O–H groups in total. The van der Waals surface area contributed by atoms with Crippen molar-refractivity contribution < 1.29 is 18.0 Å². The second kappa shape index (κ2) is 12.9. The number of nitrogens with one attached hydrogen (secondary N) is 1. The van der Waals surface area contributed by atoms with Crippen molar-refractivity contribution in [3.8, 4) is 0 Å². The maximum Gasteiger partial charge on any atom is 0.264 e. The van der Waals surface area contributed by atoms with Crippen LogP contribution in [0.1, 0.15) is 37.0 Å². The van der Waals surface area contributed by atoms with Crippen LogP contribution in [-0.4, -0.2) is 44.3 Å². The van der Waals surface area contributed by atoms with E-state index in [0.717, 1.165) is 21.9 Å². The molecule has 0 aliphatic heterocycles. The van der Waals surface area contributed by atoms with Crippen molar-refractivity contribution in [2.45, 2.75) is 51.6 Å². The number of amides is 2. The predicted molar refractivity (Wildman–Crippen MR) is 152 cm³/mol. The molecular weight excluding hydrogens is 522 g/mol. The maximum absolute atomic E-state index is 13.9. The Morgan fingerprint density at radius 1 is 0.947 bits per heavy atom. The van der Waals surface area contributed by atoms with Gasteiger partial charge in [0, 0.05) is 18.1 Å². The highest BCUT2D eigenvalue weighted by Gasteiger charge is 2.32. The minimum atomic E-state index is -4.09. The Labute approximate surface area is 230 Å². The van der Waals surface area contributed by atoms with E-state index < -0.39 is 28.5 Å². The van der Waals surface area contributed by atoms with Crippen LogP contribution >= 0.6 is 11.6 Å². The van der Waals surface area contributed by atoms with Gasteiger partial charge in [-0.2, -0.15) is 0 Å². The first-order valence-corrected chi connectivity index (χ1v) is 14.3. The minimum absolute atomic E-state index is 0.0470. The summed E-state index contributed by atoms with van der Waals surface area (Å²) < 4.78 is 28.7. The molecule has 9 heteroatoms. The van der Waals surface area contributed by atoms with E-state index in [1.54, 1.807) is 61.5 Å². The van der Waals surface area contributed by atoms with Gasteiger partial charge < -0.3 is 10.2 Å². The quantitative estimate of drug-likeness (QED) is 0.357. The van der Waals surface area contributed by atoms with Gasteiger partial charge in [0.1, 0.15) is 12.6 Å². The highest BCUT2D eigenvalue weighted by Crippen LogP contribution is 2.27. The lowest BCUT2D eigenvalue weighted by Gasteiger charge is -2.32. The fourth-order valence-electron chi connectivity index (χ4n) is 3.92. The largest absolute Gasteiger partial charge is 0.354 e. The molecule has 0 heterocycles. The van der Waals surface area contributed by atoms with Gasteiger partial charge in [0.05, 0.1) is 10.6 Å². The molecule has 1 atom stereocenters. The summed E-state index contributed by atoms with van der Waals surface area (Å²) in [6.07, 6.45) is 0.743. The van der Waals surface area contributed by atoms with Crippen LogP contribution in [0.25, 0.3) is 0 Å². The third-order valence-electron chi connectivity index (χ3n) is 6.40. The molecule has 3 rings (SSSR count). The van der Waals surface area contributed by atoms with Crippen LogP contribution < -0.4 is 9.62 Å². The number of rotatable bonds is 11. The first-order chi connectivity index (χ1) is 18.1. The van der Waals surface area contributed by atoms with Crippen LogP contribution in [0.5, 0.6) is 0 Å². The first-order valence-electron chi connectivity index (χ1n) is 12.5. The van der Waals surface area contributed by atoms with E-state index in [4.69, 9.17) is 11.6 Å². The highest BCUT2D eigenvalue weighted by atomic mass is 35.5. The highest BCUT2D eigenvalue weighted by molar-refractivity contribution is 7.92. The van der Waals surface area contributed by atoms with Gasteiger partial charge in [0.15, 0.2) is 0 Å². The molecule has 7 nitrogen and oxygen atoms in total. The van der Waals surface area contributed by atoms with E-state index in [1.165, 1.54) is 17.0 Å². The molecule has 0 saturated heterocycles. The lowest BCUT2D eigenvalue weighted by molar-refractivity contribution is -0.139. The molecule has 3 aromatic rings. The lowest BCUT2D eigenvalue weighted by atomic mass is 10.1. The van der Waals surface area contributed by atoms with E-state index in [-0.39, 0.29) is 17.3 Å². The second-order valence-electron chi connectivity index (χ2n) is 9.17. The van der Waals surface area contributed by atoms with E-state index in [1.807, 2.05) is 26.8 Å². The Balaban J connectivity index is 2.04. The smallest absolute Gasteiger partial charge is 0.264 e. The van der Waals surface area contributed by atoms with Crippen molar-refractivity contribution >= 4 is 39.1 Å². The number of hydrogen-bond donors (Lipinski definition) is 1. The van der Waals surface area contributed by atoms with E-state index >= 15 is 0 Å². The van der Waals surface area contributed by atoms with Gasteiger partial charge in [-0.3, -0.25) is 13.9 Å². The summed E-state index contributed by atoms with van der Waals surface area (Å²) in [5.74, 6) is -0.849. The zero-order chi connectivity index (χ0) is 27.9. The Morgan fingerprint density at radius 3 is 2.24 bits per heavy atom. The SMILES string of the molecule is CCCNC(=O)[C@H](C)N(Cc1ccccc1Cl)C(=O)CN(c1ccc(C)c(C)c1)S(=O)(=O)c1ccccc1. The van der Waals surface area contributed by atoms with Crippen molar-refractivity contribution in [1.82, 2.24) is 10.2 Å². The zero-order valence-electron chi connectivity index (χ0n) is 22.1. The first kappa shape index (κ1) is 29.2. The van der Waals surface area contributed by atoms with Crippen molar-refractivity contribution in [3.05, 3.63) is 94.5 Å². The molecular formula is C29H34ClN3O4S. The molecule has 0 aromatic heterocycles. The minimum Gasteiger partial charge on any atom is -0.354 e. The Bertz CT molecular complexity index is 1380. The molecule has 202 valence electrons. The number of anilines is 1. The molecule has 2 amide bonds. The standard InChI is InChI=1S/C29H34ClN3O4S/c1-5-17-31-29(35)23(4)32(19-24-11-9-10-14-27(24)30)28(34)20-33(25-16-15-21(2)22(3)18-25)38(36,37)26-12-7-6-8-13-26/h6-16,18,23H,5,17,19-20H2,1-4H3,(H,31,35)/t23-/m0/s1. The van der Waals surface area contributed by atoms with Crippen LogP contribution in [0.2, 0.25) is 5.02 Å². The van der Waals surface area contributed by atoms with Gasteiger partial charge in [-0.25, -0.2) is 8.42 Å². The number of hydrogen-bond acceptors (Lipinski definition) is 4. The van der Waals surface area contributed by atoms with Crippen molar-refractivity contribution in [3.63, 3.8) is 0 Å². The molecule has 0 spiro atoms. The molecule has 0 aliphatic rings. The Morgan fingerprint density at radius 2 is 1.61 bits per heavy atom. The fourth-order valence-corrected chi connectivity index (χ4v) is 5.54. The molecule has 0 aliphatic carbocycles. The molecule has 0 unspecified atom stereocenters. The predicted octanol–water partition coefficient (Wildman–Crippen LogP) is 5.10. The van der Waals surface area contributed by atoms with Crippen molar-refractivity contribution in [1.29, 1.82) is 0 Å². The summed E-state index contributed by atoms with van der Waals surface area (Å²) in [6, 6.07) is 19.5. The number of benzene rings is 3. The second-order valence-corrected chi connectivity index (χ2v) is 11.4. The topological polar surface area (TPSA) is 86.8 Å². The van der Waals surface area contributed by atoms with Gasteiger partial charge in [0.2, 0.25) is 11.8 Å². The zero-order valence-corrected chi connectivity index (χ0v) is 23.7. The average molecular weight is 556 g/mol. The molecule has 0 radical (unpaired) electrons. The molecule has 0 bridgehead atoms. The summed E-state index contributed by atoms with van der Waals surface area (Å²) in [4.78, 5) is 28.2. The summed E-state index contributed by atoms with van der Waals surface area (Å²) in [5, 5.41) is 3.28. The monoisotopic (exact) mass is 555 g/mol. The van der Waals surface area contributed by atoms with Gasteiger partial charge in [-0.15, -0.1) is 0 Å². The third-order valence-corrected chi connectivity index (χ3v) is 8.56. The summed E-state index contributed by atoms with van der Waals surface area (Å²) >= 11 is 6.38. The average Bonchev–Trinajstić information content (AvgIpc) is 2.91. The van der Waals surface area contributed by atoms with E-state index in [9.17, 15) is 18.0 Å². The molecule has 0 saturated carbocycles. The van der Waals surface area contributed by atoms with E-state index in [0.29, 0.717) is 22.8 Å². The molecule has 38 heavy (non-hydrogen) atoms. The summed E-state index contributed by atoms with van der Waals surface area (Å²) in [5.41, 5.74) is 2.91. The lowest BCUT2D eigenvalue weighted by Crippen LogP contribution is -2.51. The number of carbonyl (C=O) groups excluding carboxylic acids is 2. The van der Waals surface area contributed by atoms with Gasteiger partial charge in [-0.1, -0.05) is 61.0 Å². The molecule has 3 aromatic carbocycles. The maximum atomic E-state index is 13.9. The Hall–Kier alpha value is -3.36. The van der Waals surface area contributed by atoms with Gasteiger partial charge in [-0.05, 0) is 74.2 Å². The van der Waals surface area contributed by atoms with Crippen LogP contribution in [-0.2, 0) is 26.2 Å². The van der Waals surface area contributed by atoms with Crippen LogP contribution in [0.15, 0.2) is 77.7 Å². The number of aryl methyl sites for hydroxylation is 2. The fraction of sp³-hybridized carbons (Fsp3) is 0.310. The number of nitrogens with zero attached hydrogens (tertiary/aromatic N) is 2. The van der Waals surface area contributed by atoms with Crippen LogP contribution in [0.4, 0.5) is 5.69 Å². The normalized spacial score (nSPS) is 12.0. The third kappa shape index (κ3) is 6.94. The van der Waals surface area contributed by atoms with Crippen LogP contribution in [0, 0.1) is 13.8 Å². The number of carbonyl (C=O) groups is 2. The summed E-state index contributed by atoms with van der Waals surface area (Å²) in [6.45, 7) is 7.41. The summed E-state index contributed by atoms with van der Waals surface area (Å²) in [7, 11) is -4.09. The van der Waals surface area contributed by atoms with Crippen molar-refractivity contribution in [2.24, 2.45) is 0 Å².